The summed E-state index contributed by atoms with van der Waals surface area (Å²) in [5.74, 6) is 0.183. The Labute approximate surface area is 73.5 Å². The molecule has 0 saturated carbocycles. The molecule has 1 rings (SSSR count). The minimum atomic E-state index is -0.408. The molecule has 1 saturated heterocycles. The molecule has 3 nitrogen and oxygen atoms in total. The quantitative estimate of drug-likeness (QED) is 0.628. The van der Waals surface area contributed by atoms with E-state index in [1.807, 2.05) is 0 Å². The fourth-order valence-electron chi connectivity index (χ4n) is 1.85. The second-order valence-corrected chi connectivity index (χ2v) is 3.65. The van der Waals surface area contributed by atoms with Crippen LogP contribution >= 0.6 is 0 Å². The monoisotopic (exact) mass is 171 g/mol. The van der Waals surface area contributed by atoms with E-state index >= 15 is 0 Å². The Bertz CT molecular complexity index is 171. The van der Waals surface area contributed by atoms with Gasteiger partial charge in [0, 0.05) is 0 Å². The topological polar surface area (TPSA) is 38.3 Å². The molecule has 0 aromatic rings. The van der Waals surface area contributed by atoms with Crippen LogP contribution in [0.3, 0.4) is 0 Å². The minimum absolute atomic E-state index is 0.116. The maximum atomic E-state index is 11.5. The fraction of sp³-hybridized carbons (Fsp3) is 0.889. The van der Waals surface area contributed by atoms with E-state index in [0.717, 1.165) is 19.4 Å². The van der Waals surface area contributed by atoms with Crippen LogP contribution in [-0.4, -0.2) is 25.2 Å². The standard InChI is InChI=1S/C9H17NO2/c1-7(2)9(8(11)12-3)5-4-6-10-9/h7,10H,4-6H2,1-3H3. The Morgan fingerprint density at radius 3 is 2.58 bits per heavy atom. The van der Waals surface area contributed by atoms with Gasteiger partial charge >= 0.3 is 5.97 Å². The van der Waals surface area contributed by atoms with E-state index < -0.39 is 5.54 Å². The lowest BCUT2D eigenvalue weighted by Gasteiger charge is -2.30. The largest absolute Gasteiger partial charge is 0.468 e. The van der Waals surface area contributed by atoms with Gasteiger partial charge in [-0.25, -0.2) is 0 Å². The Morgan fingerprint density at radius 2 is 2.25 bits per heavy atom. The van der Waals surface area contributed by atoms with Gasteiger partial charge in [0.1, 0.15) is 5.54 Å². The number of carbonyl (C=O) groups is 1. The molecule has 0 aromatic heterocycles. The normalized spacial score (nSPS) is 29.3. The van der Waals surface area contributed by atoms with Crippen molar-refractivity contribution in [3.05, 3.63) is 0 Å². The first-order valence-corrected chi connectivity index (χ1v) is 4.47. The summed E-state index contributed by atoms with van der Waals surface area (Å²) in [4.78, 5) is 11.5. The molecule has 1 aliphatic rings. The summed E-state index contributed by atoms with van der Waals surface area (Å²) in [6.07, 6.45) is 1.96. The third kappa shape index (κ3) is 1.33. The predicted octanol–water partition coefficient (Wildman–Crippen LogP) is 0.938. The van der Waals surface area contributed by atoms with Crippen molar-refractivity contribution in [2.45, 2.75) is 32.2 Å². The van der Waals surface area contributed by atoms with E-state index in [0.29, 0.717) is 5.92 Å². The van der Waals surface area contributed by atoms with Crippen molar-refractivity contribution < 1.29 is 9.53 Å². The molecule has 12 heavy (non-hydrogen) atoms. The highest BCUT2D eigenvalue weighted by Crippen LogP contribution is 2.28. The molecule has 1 N–H and O–H groups in total. The van der Waals surface area contributed by atoms with Crippen LogP contribution in [-0.2, 0) is 9.53 Å². The van der Waals surface area contributed by atoms with Crippen molar-refractivity contribution in [2.75, 3.05) is 13.7 Å². The molecule has 1 unspecified atom stereocenters. The van der Waals surface area contributed by atoms with E-state index in [1.165, 1.54) is 7.11 Å². The first-order chi connectivity index (χ1) is 5.63. The second-order valence-electron chi connectivity index (χ2n) is 3.65. The first-order valence-electron chi connectivity index (χ1n) is 4.47. The number of nitrogens with one attached hydrogen (secondary N) is 1. The van der Waals surface area contributed by atoms with Crippen molar-refractivity contribution in [1.82, 2.24) is 5.32 Å². The maximum absolute atomic E-state index is 11.5. The summed E-state index contributed by atoms with van der Waals surface area (Å²) in [5.41, 5.74) is -0.408. The van der Waals surface area contributed by atoms with Crippen LogP contribution in [0, 0.1) is 5.92 Å². The SMILES string of the molecule is COC(=O)C1(C(C)C)CCCN1. The van der Waals surface area contributed by atoms with Gasteiger partial charge in [-0.15, -0.1) is 0 Å². The third-order valence-electron chi connectivity index (χ3n) is 2.72. The lowest BCUT2D eigenvalue weighted by atomic mass is 9.85. The number of ether oxygens (including phenoxy) is 1. The Hall–Kier alpha value is -0.570. The van der Waals surface area contributed by atoms with E-state index in [2.05, 4.69) is 19.2 Å². The molecule has 1 heterocycles. The van der Waals surface area contributed by atoms with Crippen LogP contribution in [0.15, 0.2) is 0 Å². The van der Waals surface area contributed by atoms with Gasteiger partial charge in [-0.3, -0.25) is 4.79 Å². The average Bonchev–Trinajstić information content (AvgIpc) is 2.52. The van der Waals surface area contributed by atoms with Crippen molar-refractivity contribution in [3.8, 4) is 0 Å². The summed E-state index contributed by atoms with van der Waals surface area (Å²) in [6.45, 7) is 5.03. The average molecular weight is 171 g/mol. The zero-order valence-corrected chi connectivity index (χ0v) is 8.02. The maximum Gasteiger partial charge on any atom is 0.326 e. The Kier molecular flexibility index (Phi) is 2.73. The van der Waals surface area contributed by atoms with Crippen LogP contribution in [0.5, 0.6) is 0 Å². The molecule has 0 spiro atoms. The van der Waals surface area contributed by atoms with Gasteiger partial charge in [-0.2, -0.15) is 0 Å². The highest BCUT2D eigenvalue weighted by Gasteiger charge is 2.44. The van der Waals surface area contributed by atoms with Gasteiger partial charge in [0.05, 0.1) is 7.11 Å². The lowest BCUT2D eigenvalue weighted by molar-refractivity contribution is -0.150. The van der Waals surface area contributed by atoms with E-state index in [1.54, 1.807) is 0 Å². The van der Waals surface area contributed by atoms with Crippen LogP contribution in [0.1, 0.15) is 26.7 Å². The predicted molar refractivity (Wildman–Crippen MR) is 46.8 cm³/mol. The number of hydrogen-bond donors (Lipinski definition) is 1. The third-order valence-corrected chi connectivity index (χ3v) is 2.72. The smallest absolute Gasteiger partial charge is 0.326 e. The lowest BCUT2D eigenvalue weighted by Crippen LogP contribution is -2.52. The summed E-state index contributed by atoms with van der Waals surface area (Å²) in [7, 11) is 1.45. The molecule has 1 aliphatic heterocycles. The summed E-state index contributed by atoms with van der Waals surface area (Å²) in [6, 6.07) is 0. The zero-order chi connectivity index (χ0) is 9.19. The Morgan fingerprint density at radius 1 is 1.58 bits per heavy atom. The second kappa shape index (κ2) is 3.44. The number of esters is 1. The van der Waals surface area contributed by atoms with Crippen molar-refractivity contribution >= 4 is 5.97 Å². The fourth-order valence-corrected chi connectivity index (χ4v) is 1.85. The molecule has 1 atom stereocenters. The molecule has 0 aromatic carbocycles. The number of methoxy groups -OCH3 is 1. The molecular formula is C9H17NO2. The molecule has 70 valence electrons. The summed E-state index contributed by atoms with van der Waals surface area (Å²) in [5, 5.41) is 3.25. The molecule has 0 bridgehead atoms. The van der Waals surface area contributed by atoms with Gasteiger partial charge in [0.15, 0.2) is 0 Å². The van der Waals surface area contributed by atoms with Gasteiger partial charge in [0.25, 0.3) is 0 Å². The van der Waals surface area contributed by atoms with E-state index in [9.17, 15) is 4.79 Å². The highest BCUT2D eigenvalue weighted by atomic mass is 16.5. The molecule has 1 fully saturated rings. The van der Waals surface area contributed by atoms with Crippen molar-refractivity contribution in [3.63, 3.8) is 0 Å². The molecule has 0 radical (unpaired) electrons. The molecule has 3 heteroatoms. The zero-order valence-electron chi connectivity index (χ0n) is 8.02. The molecular weight excluding hydrogens is 154 g/mol. The van der Waals surface area contributed by atoms with Crippen molar-refractivity contribution in [1.29, 1.82) is 0 Å². The number of hydrogen-bond acceptors (Lipinski definition) is 3. The van der Waals surface area contributed by atoms with E-state index in [-0.39, 0.29) is 5.97 Å². The number of rotatable bonds is 2. The highest BCUT2D eigenvalue weighted by molar-refractivity contribution is 5.81. The van der Waals surface area contributed by atoms with Gasteiger partial charge < -0.3 is 10.1 Å². The van der Waals surface area contributed by atoms with Crippen LogP contribution in [0.2, 0.25) is 0 Å². The van der Waals surface area contributed by atoms with Crippen LogP contribution < -0.4 is 5.32 Å². The molecule has 0 amide bonds. The van der Waals surface area contributed by atoms with Gasteiger partial charge in [-0.1, -0.05) is 13.8 Å². The van der Waals surface area contributed by atoms with Gasteiger partial charge in [-0.05, 0) is 25.3 Å². The number of carbonyl (C=O) groups excluding carboxylic acids is 1. The minimum Gasteiger partial charge on any atom is -0.468 e. The first kappa shape index (κ1) is 9.52. The summed E-state index contributed by atoms with van der Waals surface area (Å²) < 4.78 is 4.80. The van der Waals surface area contributed by atoms with Gasteiger partial charge in [0.2, 0.25) is 0 Å². The van der Waals surface area contributed by atoms with Crippen LogP contribution in [0.25, 0.3) is 0 Å². The van der Waals surface area contributed by atoms with Crippen LogP contribution in [0.4, 0.5) is 0 Å². The van der Waals surface area contributed by atoms with Crippen molar-refractivity contribution in [2.24, 2.45) is 5.92 Å². The molecule has 0 aliphatic carbocycles. The Balaban J connectivity index is 2.78. The summed E-state index contributed by atoms with van der Waals surface area (Å²) >= 11 is 0. The van der Waals surface area contributed by atoms with E-state index in [4.69, 9.17) is 4.74 Å².